The smallest absolute Gasteiger partial charge is 0.241 e. The van der Waals surface area contributed by atoms with E-state index >= 15 is 0 Å². The van der Waals surface area contributed by atoms with Gasteiger partial charge in [0.2, 0.25) is 5.95 Å². The van der Waals surface area contributed by atoms with Crippen LogP contribution in [0.3, 0.4) is 0 Å². The van der Waals surface area contributed by atoms with E-state index in [-0.39, 0.29) is 29.6 Å². The lowest BCUT2D eigenvalue weighted by molar-refractivity contribution is 0.0284. The van der Waals surface area contributed by atoms with Crippen molar-refractivity contribution in [3.63, 3.8) is 0 Å². The van der Waals surface area contributed by atoms with Gasteiger partial charge in [-0.05, 0) is 12.3 Å². The summed E-state index contributed by atoms with van der Waals surface area (Å²) in [5, 5.41) is 16.4. The number of anilines is 1. The summed E-state index contributed by atoms with van der Waals surface area (Å²) < 4.78 is 34.5. The van der Waals surface area contributed by atoms with Gasteiger partial charge in [0.15, 0.2) is 5.82 Å². The Morgan fingerprint density at radius 1 is 1.52 bits per heavy atom. The van der Waals surface area contributed by atoms with Crippen molar-refractivity contribution >= 4 is 11.5 Å². The second-order valence-electron chi connectivity index (χ2n) is 5.85. The summed E-state index contributed by atoms with van der Waals surface area (Å²) in [6.45, 7) is 4.21. The average Bonchev–Trinajstić information content (AvgIpc) is 2.81. The highest BCUT2D eigenvalue weighted by Crippen LogP contribution is 2.27. The third-order valence-corrected chi connectivity index (χ3v) is 3.92. The molecular formula is C15H17F2N5O. The Balaban J connectivity index is 2.01. The molecule has 1 aliphatic heterocycles. The molecule has 6 nitrogen and oxygen atoms in total. The van der Waals surface area contributed by atoms with Crippen molar-refractivity contribution in [3.8, 4) is 6.07 Å². The first-order chi connectivity index (χ1) is 11.0. The van der Waals surface area contributed by atoms with Gasteiger partial charge >= 0.3 is 0 Å². The molecule has 0 aromatic carbocycles. The summed E-state index contributed by atoms with van der Waals surface area (Å²) >= 11 is 0. The molecule has 1 N–H and O–H groups in total. The predicted molar refractivity (Wildman–Crippen MR) is 79.5 cm³/mol. The van der Waals surface area contributed by atoms with E-state index in [2.05, 4.69) is 15.4 Å². The Bertz CT molecular complexity index is 767. The van der Waals surface area contributed by atoms with Crippen LogP contribution in [0.5, 0.6) is 0 Å². The second-order valence-corrected chi connectivity index (χ2v) is 5.85. The number of hydrogen-bond acceptors (Lipinski definition) is 5. The number of nitriles is 1. The molecule has 2 aromatic heterocycles. The van der Waals surface area contributed by atoms with Crippen LogP contribution in [-0.4, -0.2) is 40.0 Å². The van der Waals surface area contributed by atoms with Gasteiger partial charge in [-0.3, -0.25) is 0 Å². The fourth-order valence-corrected chi connectivity index (χ4v) is 2.77. The number of aromatic nitrogens is 3. The fourth-order valence-electron chi connectivity index (χ4n) is 2.77. The number of ether oxygens (including phenoxy) is 1. The third-order valence-electron chi connectivity index (χ3n) is 3.92. The summed E-state index contributed by atoms with van der Waals surface area (Å²) in [5.41, 5.74) is 0.592. The van der Waals surface area contributed by atoms with Gasteiger partial charge in [-0.15, -0.1) is 5.10 Å². The first kappa shape index (κ1) is 15.6. The summed E-state index contributed by atoms with van der Waals surface area (Å²) in [7, 11) is 0. The van der Waals surface area contributed by atoms with Crippen LogP contribution in [0.1, 0.15) is 37.4 Å². The average molecular weight is 321 g/mol. The molecule has 2 aromatic rings. The van der Waals surface area contributed by atoms with Crippen LogP contribution in [0.25, 0.3) is 5.52 Å². The topological polar surface area (TPSA) is 75.2 Å². The summed E-state index contributed by atoms with van der Waals surface area (Å²) in [6, 6.07) is 1.44. The maximum absolute atomic E-state index is 14.3. The standard InChI is InChI=1S/C15H17F2N5O/c1-8(2)14-9(5-18)13(17)12-6-19-15(21-22(12)14)20-11-3-4-23-7-10(11)16/h6,8,10-11H,3-4,7H2,1-2H3,(H,20,21)/t10-,11-/m1/s1. The van der Waals surface area contributed by atoms with Crippen molar-refractivity contribution in [3.05, 3.63) is 23.3 Å². The molecule has 0 spiro atoms. The van der Waals surface area contributed by atoms with E-state index in [1.165, 1.54) is 10.7 Å². The zero-order valence-corrected chi connectivity index (χ0v) is 12.9. The highest BCUT2D eigenvalue weighted by atomic mass is 19.1. The molecule has 1 aliphatic rings. The van der Waals surface area contributed by atoms with E-state index in [0.717, 1.165) is 0 Å². The minimum atomic E-state index is -1.15. The molecule has 23 heavy (non-hydrogen) atoms. The number of halogens is 2. The Hall–Kier alpha value is -2.27. The lowest BCUT2D eigenvalue weighted by Crippen LogP contribution is -2.39. The number of nitrogens with zero attached hydrogens (tertiary/aromatic N) is 4. The number of fused-ring (bicyclic) bond motifs is 1. The zero-order chi connectivity index (χ0) is 16.6. The second kappa shape index (κ2) is 6.08. The predicted octanol–water partition coefficient (Wildman–Crippen LogP) is 2.40. The molecule has 0 bridgehead atoms. The van der Waals surface area contributed by atoms with E-state index in [9.17, 15) is 14.0 Å². The zero-order valence-electron chi connectivity index (χ0n) is 12.9. The monoisotopic (exact) mass is 321 g/mol. The highest BCUT2D eigenvalue weighted by molar-refractivity contribution is 5.58. The lowest BCUT2D eigenvalue weighted by Gasteiger charge is -2.26. The van der Waals surface area contributed by atoms with Gasteiger partial charge < -0.3 is 10.1 Å². The molecule has 1 fully saturated rings. The Kier molecular flexibility index (Phi) is 4.13. The largest absolute Gasteiger partial charge is 0.378 e. The molecule has 0 saturated carbocycles. The van der Waals surface area contributed by atoms with Gasteiger partial charge in [-0.2, -0.15) is 5.26 Å². The maximum atomic E-state index is 14.3. The Morgan fingerprint density at radius 2 is 2.30 bits per heavy atom. The van der Waals surface area contributed by atoms with Gasteiger partial charge in [0.05, 0.1) is 24.5 Å². The highest BCUT2D eigenvalue weighted by Gasteiger charge is 2.27. The maximum Gasteiger partial charge on any atom is 0.241 e. The Morgan fingerprint density at radius 3 is 2.96 bits per heavy atom. The van der Waals surface area contributed by atoms with E-state index < -0.39 is 18.0 Å². The SMILES string of the molecule is CC(C)c1c(C#N)c(F)c2cnc(N[C@@H]3CCOC[C@H]3F)nn12. The molecule has 122 valence electrons. The number of hydrogen-bond donors (Lipinski definition) is 1. The molecule has 0 radical (unpaired) electrons. The van der Waals surface area contributed by atoms with Gasteiger partial charge in [0.1, 0.15) is 23.3 Å². The van der Waals surface area contributed by atoms with E-state index in [0.29, 0.717) is 18.7 Å². The number of rotatable bonds is 3. The number of alkyl halides is 1. The molecule has 2 atom stereocenters. The summed E-state index contributed by atoms with van der Waals surface area (Å²) in [5.74, 6) is -0.521. The van der Waals surface area contributed by atoms with Crippen LogP contribution < -0.4 is 5.32 Å². The van der Waals surface area contributed by atoms with Crippen molar-refractivity contribution in [1.82, 2.24) is 14.6 Å². The molecule has 1 saturated heterocycles. The van der Waals surface area contributed by atoms with Crippen LogP contribution in [0, 0.1) is 17.1 Å². The fraction of sp³-hybridized carbons (Fsp3) is 0.533. The molecule has 8 heteroatoms. The summed E-state index contributed by atoms with van der Waals surface area (Å²) in [4.78, 5) is 4.04. The first-order valence-electron chi connectivity index (χ1n) is 7.48. The van der Waals surface area contributed by atoms with Crippen molar-refractivity contribution in [2.24, 2.45) is 0 Å². The van der Waals surface area contributed by atoms with Gasteiger partial charge in [-0.1, -0.05) is 13.8 Å². The van der Waals surface area contributed by atoms with E-state index in [1.807, 2.05) is 19.9 Å². The molecule has 0 aliphatic carbocycles. The summed E-state index contributed by atoms with van der Waals surface area (Å²) in [6.07, 6.45) is 0.663. The minimum Gasteiger partial charge on any atom is -0.378 e. The van der Waals surface area contributed by atoms with Crippen molar-refractivity contribution in [2.75, 3.05) is 18.5 Å². The van der Waals surface area contributed by atoms with Crippen LogP contribution >= 0.6 is 0 Å². The molecular weight excluding hydrogens is 304 g/mol. The van der Waals surface area contributed by atoms with Gasteiger partial charge in [-0.25, -0.2) is 18.3 Å². The van der Waals surface area contributed by atoms with E-state index in [1.54, 1.807) is 0 Å². The van der Waals surface area contributed by atoms with Crippen molar-refractivity contribution in [1.29, 1.82) is 5.26 Å². The molecule has 3 heterocycles. The van der Waals surface area contributed by atoms with Gasteiger partial charge in [0, 0.05) is 6.61 Å². The van der Waals surface area contributed by atoms with Crippen molar-refractivity contribution in [2.45, 2.75) is 38.4 Å². The lowest BCUT2D eigenvalue weighted by atomic mass is 10.1. The molecule has 0 unspecified atom stereocenters. The van der Waals surface area contributed by atoms with Crippen LogP contribution in [0.15, 0.2) is 6.20 Å². The quantitative estimate of drug-likeness (QED) is 0.939. The minimum absolute atomic E-state index is 0.0270. The normalized spacial score (nSPS) is 21.6. The van der Waals surface area contributed by atoms with Crippen LogP contribution in [0.4, 0.5) is 14.7 Å². The van der Waals surface area contributed by atoms with E-state index in [4.69, 9.17) is 4.74 Å². The van der Waals surface area contributed by atoms with Gasteiger partial charge in [0.25, 0.3) is 0 Å². The third kappa shape index (κ3) is 2.72. The first-order valence-corrected chi connectivity index (χ1v) is 7.48. The Labute approximate surface area is 132 Å². The molecule has 0 amide bonds. The van der Waals surface area contributed by atoms with Crippen LogP contribution in [-0.2, 0) is 4.74 Å². The molecule has 3 rings (SSSR count). The van der Waals surface area contributed by atoms with Crippen molar-refractivity contribution < 1.29 is 13.5 Å². The number of nitrogens with one attached hydrogen (secondary N) is 1. The van der Waals surface area contributed by atoms with Crippen LogP contribution in [0.2, 0.25) is 0 Å².